The summed E-state index contributed by atoms with van der Waals surface area (Å²) >= 11 is 5.91. The zero-order chi connectivity index (χ0) is 11.5. The molecular weight excluding hydrogens is 266 g/mol. The Bertz CT molecular complexity index is 525. The summed E-state index contributed by atoms with van der Waals surface area (Å²) in [7, 11) is 4.42. The molecule has 0 fully saturated rings. The quantitative estimate of drug-likeness (QED) is 0.805. The van der Waals surface area contributed by atoms with Gasteiger partial charge in [0.15, 0.2) is 0 Å². The van der Waals surface area contributed by atoms with Crippen LogP contribution in [0.5, 0.6) is 0 Å². The Balaban J connectivity index is 2.18. The molecule has 4 nitrogen and oxygen atoms in total. The second-order valence-corrected chi connectivity index (χ2v) is 5.64. The molecule has 16 heavy (non-hydrogen) atoms. The van der Waals surface area contributed by atoms with Crippen LogP contribution in [0.15, 0.2) is 23.5 Å². The van der Waals surface area contributed by atoms with Crippen molar-refractivity contribution >= 4 is 37.3 Å². The average molecular weight is 274 g/mol. The van der Waals surface area contributed by atoms with Crippen molar-refractivity contribution in [2.24, 2.45) is 0 Å². The molecule has 0 saturated heterocycles. The van der Waals surface area contributed by atoms with Crippen molar-refractivity contribution in [3.8, 4) is 0 Å². The molecule has 0 amide bonds. The van der Waals surface area contributed by atoms with Gasteiger partial charge >= 0.3 is 0 Å². The molecule has 2 aromatic rings. The molecule has 2 heterocycles. The highest BCUT2D eigenvalue weighted by molar-refractivity contribution is 7.70. The van der Waals surface area contributed by atoms with Gasteiger partial charge in [0, 0.05) is 31.5 Å². The SMILES string of the molecule is CN(Cc1cncnc1)c1ssc(=O)c1Cl. The molecule has 0 N–H and O–H groups in total. The third-order valence-electron chi connectivity index (χ3n) is 1.94. The molecule has 0 unspecified atom stereocenters. The van der Waals surface area contributed by atoms with Crippen molar-refractivity contribution in [1.29, 1.82) is 0 Å². The minimum absolute atomic E-state index is 0.0853. The fourth-order valence-electron chi connectivity index (χ4n) is 1.23. The van der Waals surface area contributed by atoms with Gasteiger partial charge in [-0.05, 0) is 10.3 Å². The van der Waals surface area contributed by atoms with Crippen molar-refractivity contribution in [1.82, 2.24) is 9.97 Å². The third kappa shape index (κ3) is 2.40. The van der Waals surface area contributed by atoms with Crippen molar-refractivity contribution in [3.05, 3.63) is 38.8 Å². The van der Waals surface area contributed by atoms with E-state index in [0.29, 0.717) is 11.6 Å². The first-order valence-electron chi connectivity index (χ1n) is 4.42. The summed E-state index contributed by atoms with van der Waals surface area (Å²) in [6.45, 7) is 0.632. The number of hydrogen-bond donors (Lipinski definition) is 0. The largest absolute Gasteiger partial charge is 0.360 e. The third-order valence-corrected chi connectivity index (χ3v) is 4.81. The van der Waals surface area contributed by atoms with E-state index >= 15 is 0 Å². The van der Waals surface area contributed by atoms with Gasteiger partial charge in [-0.1, -0.05) is 21.9 Å². The molecule has 0 aliphatic carbocycles. The van der Waals surface area contributed by atoms with Crippen LogP contribution in [0.25, 0.3) is 0 Å². The Kier molecular flexibility index (Phi) is 3.52. The molecule has 0 aliphatic rings. The normalized spacial score (nSPS) is 10.4. The highest BCUT2D eigenvalue weighted by Crippen LogP contribution is 2.31. The molecule has 0 atom stereocenters. The minimum Gasteiger partial charge on any atom is -0.360 e. The van der Waals surface area contributed by atoms with E-state index in [2.05, 4.69) is 9.97 Å². The van der Waals surface area contributed by atoms with E-state index in [1.54, 1.807) is 12.4 Å². The Morgan fingerprint density at radius 3 is 2.62 bits per heavy atom. The van der Waals surface area contributed by atoms with E-state index in [1.807, 2.05) is 11.9 Å². The van der Waals surface area contributed by atoms with Gasteiger partial charge in [-0.15, -0.1) is 0 Å². The summed E-state index contributed by atoms with van der Waals surface area (Å²) in [5.74, 6) is 0. The van der Waals surface area contributed by atoms with E-state index in [0.717, 1.165) is 20.9 Å². The van der Waals surface area contributed by atoms with Crippen molar-refractivity contribution in [2.75, 3.05) is 11.9 Å². The monoisotopic (exact) mass is 273 g/mol. The van der Waals surface area contributed by atoms with E-state index < -0.39 is 0 Å². The van der Waals surface area contributed by atoms with Crippen molar-refractivity contribution < 1.29 is 0 Å². The maximum atomic E-state index is 11.2. The number of hydrogen-bond acceptors (Lipinski definition) is 6. The lowest BCUT2D eigenvalue weighted by Crippen LogP contribution is -2.16. The fraction of sp³-hybridized carbons (Fsp3) is 0.222. The molecule has 0 radical (unpaired) electrons. The van der Waals surface area contributed by atoms with Crippen LogP contribution < -0.4 is 9.64 Å². The van der Waals surface area contributed by atoms with Gasteiger partial charge in [-0.3, -0.25) is 4.79 Å². The fourth-order valence-corrected chi connectivity index (χ4v) is 3.97. The number of halogens is 1. The van der Waals surface area contributed by atoms with Gasteiger partial charge in [0.05, 0.1) is 0 Å². The average Bonchev–Trinajstić information content (AvgIpc) is 2.61. The predicted octanol–water partition coefficient (Wildman–Crippen LogP) is 2.25. The molecule has 0 aromatic carbocycles. The number of aromatic nitrogens is 2. The first-order valence-corrected chi connectivity index (χ1v) is 6.95. The van der Waals surface area contributed by atoms with Gasteiger partial charge in [-0.25, -0.2) is 9.97 Å². The van der Waals surface area contributed by atoms with Crippen LogP contribution >= 0.6 is 32.3 Å². The second kappa shape index (κ2) is 4.90. The van der Waals surface area contributed by atoms with E-state index in [4.69, 9.17) is 11.6 Å². The molecule has 0 aliphatic heterocycles. The van der Waals surface area contributed by atoms with E-state index in [1.165, 1.54) is 16.7 Å². The molecule has 0 saturated carbocycles. The lowest BCUT2D eigenvalue weighted by molar-refractivity contribution is 0.912. The number of rotatable bonds is 3. The van der Waals surface area contributed by atoms with Crippen LogP contribution in [0.4, 0.5) is 5.00 Å². The Morgan fingerprint density at radius 1 is 1.38 bits per heavy atom. The van der Waals surface area contributed by atoms with Crippen LogP contribution in [-0.2, 0) is 6.54 Å². The first kappa shape index (κ1) is 11.5. The topological polar surface area (TPSA) is 46.1 Å². The molecular formula is C9H8ClN3OS2. The lowest BCUT2D eigenvalue weighted by Gasteiger charge is -2.16. The standard InChI is InChI=1S/C9H8ClN3OS2/c1-13(4-6-2-11-5-12-3-6)8-7(10)9(14)16-15-8/h2-3,5H,4H2,1H3. The molecule has 2 rings (SSSR count). The van der Waals surface area contributed by atoms with Crippen molar-refractivity contribution in [3.63, 3.8) is 0 Å². The maximum absolute atomic E-state index is 11.2. The molecule has 2 aromatic heterocycles. The summed E-state index contributed by atoms with van der Waals surface area (Å²) in [4.78, 5) is 21.0. The van der Waals surface area contributed by atoms with Gasteiger partial charge in [0.25, 0.3) is 4.74 Å². The zero-order valence-corrected chi connectivity index (χ0v) is 10.8. The molecule has 0 bridgehead atoms. The minimum atomic E-state index is -0.0853. The van der Waals surface area contributed by atoms with E-state index in [-0.39, 0.29) is 4.74 Å². The summed E-state index contributed by atoms with van der Waals surface area (Å²) in [6.07, 6.45) is 4.97. The number of anilines is 1. The molecule has 0 spiro atoms. The van der Waals surface area contributed by atoms with Crippen LogP contribution in [0, 0.1) is 0 Å². The Morgan fingerprint density at radius 2 is 2.06 bits per heavy atom. The zero-order valence-electron chi connectivity index (χ0n) is 8.38. The van der Waals surface area contributed by atoms with Gasteiger partial charge in [-0.2, -0.15) is 0 Å². The highest BCUT2D eigenvalue weighted by Gasteiger charge is 2.12. The van der Waals surface area contributed by atoms with Gasteiger partial charge < -0.3 is 4.90 Å². The first-order chi connectivity index (χ1) is 7.68. The smallest absolute Gasteiger partial charge is 0.263 e. The predicted molar refractivity (Wildman–Crippen MR) is 67.6 cm³/mol. The summed E-state index contributed by atoms with van der Waals surface area (Å²) < 4.78 is -0.0853. The number of nitrogens with zero attached hydrogens (tertiary/aromatic N) is 3. The molecule has 84 valence electrons. The van der Waals surface area contributed by atoms with Gasteiger partial charge in [0.2, 0.25) is 0 Å². The van der Waals surface area contributed by atoms with E-state index in [9.17, 15) is 4.79 Å². The Hall–Kier alpha value is -0.980. The summed E-state index contributed by atoms with van der Waals surface area (Å²) in [5.41, 5.74) is 0.979. The van der Waals surface area contributed by atoms with Crippen LogP contribution in [-0.4, -0.2) is 17.0 Å². The highest BCUT2D eigenvalue weighted by atomic mass is 35.5. The summed E-state index contributed by atoms with van der Waals surface area (Å²) in [5, 5.41) is 1.09. The van der Waals surface area contributed by atoms with Crippen LogP contribution in [0.1, 0.15) is 5.56 Å². The second-order valence-electron chi connectivity index (χ2n) is 3.18. The lowest BCUT2D eigenvalue weighted by atomic mass is 10.3. The van der Waals surface area contributed by atoms with Crippen LogP contribution in [0.2, 0.25) is 5.02 Å². The summed E-state index contributed by atoms with van der Waals surface area (Å²) in [6, 6.07) is 0. The van der Waals surface area contributed by atoms with Gasteiger partial charge in [0.1, 0.15) is 16.4 Å². The van der Waals surface area contributed by atoms with Crippen molar-refractivity contribution in [2.45, 2.75) is 6.54 Å². The molecule has 7 heteroatoms. The van der Waals surface area contributed by atoms with Crippen LogP contribution in [0.3, 0.4) is 0 Å². The Labute approximate surface area is 105 Å². The maximum Gasteiger partial charge on any atom is 0.263 e.